The Kier molecular flexibility index (Phi) is 9.45. The van der Waals surface area contributed by atoms with Crippen molar-refractivity contribution in [1.29, 1.82) is 0 Å². The molecule has 0 bridgehead atoms. The van der Waals surface area contributed by atoms with Crippen LogP contribution >= 0.6 is 0 Å². The fraction of sp³-hybridized carbons (Fsp3) is 0.655. The number of rotatable bonds is 12. The van der Waals surface area contributed by atoms with E-state index in [0.717, 1.165) is 52.0 Å². The number of ether oxygens (including phenoxy) is 1. The minimum Gasteiger partial charge on any atom is -0.434 e. The van der Waals surface area contributed by atoms with Gasteiger partial charge in [-0.05, 0) is 70.7 Å². The lowest BCUT2D eigenvalue weighted by atomic mass is 9.76. The summed E-state index contributed by atoms with van der Waals surface area (Å²) in [6.07, 6.45) is 3.21. The van der Waals surface area contributed by atoms with Crippen LogP contribution in [-0.2, 0) is 0 Å². The second kappa shape index (κ2) is 12.6. The summed E-state index contributed by atoms with van der Waals surface area (Å²) in [7, 11) is 1.74. The summed E-state index contributed by atoms with van der Waals surface area (Å²) in [5, 5.41) is 11.4. The first-order chi connectivity index (χ1) is 19.1. The van der Waals surface area contributed by atoms with Gasteiger partial charge in [0.2, 0.25) is 5.95 Å². The standard InChI is InChI=1S/C29H45FN8O2/c1-7-38(20(4)5)27(39)22-15-21(30)10-11-24(22)40-26-25(33-28(32-6)35-34-26)36-14-12-29(16-36)17-37(18-29)23(19(2)3)9-8-13-31/h10-11,15,19-20,23H,7-9,12-14,16-18,31H2,1-6H3,(H,32,33,35). The van der Waals surface area contributed by atoms with E-state index in [1.807, 2.05) is 20.8 Å². The molecule has 3 heterocycles. The lowest BCUT2D eigenvalue weighted by molar-refractivity contribution is -0.0337. The first kappa shape index (κ1) is 29.9. The van der Waals surface area contributed by atoms with Crippen molar-refractivity contribution in [3.63, 3.8) is 0 Å². The molecule has 2 aliphatic heterocycles. The molecule has 1 spiro atoms. The van der Waals surface area contributed by atoms with Crippen LogP contribution in [0.3, 0.4) is 0 Å². The van der Waals surface area contributed by atoms with E-state index in [0.29, 0.717) is 30.3 Å². The Bertz CT molecular complexity index is 1170. The zero-order chi connectivity index (χ0) is 29.0. The van der Waals surface area contributed by atoms with Gasteiger partial charge in [0.05, 0.1) is 5.56 Å². The molecule has 1 aromatic heterocycles. The predicted molar refractivity (Wildman–Crippen MR) is 155 cm³/mol. The van der Waals surface area contributed by atoms with E-state index in [4.69, 9.17) is 15.5 Å². The van der Waals surface area contributed by atoms with Crippen LogP contribution in [0.25, 0.3) is 0 Å². The van der Waals surface area contributed by atoms with Gasteiger partial charge >= 0.3 is 0 Å². The van der Waals surface area contributed by atoms with E-state index in [2.05, 4.69) is 39.2 Å². The van der Waals surface area contributed by atoms with Gasteiger partial charge in [-0.15, -0.1) is 10.2 Å². The topological polar surface area (TPSA) is 113 Å². The van der Waals surface area contributed by atoms with Crippen molar-refractivity contribution in [3.8, 4) is 11.6 Å². The molecule has 0 saturated carbocycles. The zero-order valence-corrected chi connectivity index (χ0v) is 24.8. The van der Waals surface area contributed by atoms with Gasteiger partial charge in [0.25, 0.3) is 11.8 Å². The molecule has 1 aromatic carbocycles. The Morgan fingerprint density at radius 1 is 1.23 bits per heavy atom. The van der Waals surface area contributed by atoms with Crippen LogP contribution in [-0.4, -0.2) is 89.3 Å². The number of hydrogen-bond acceptors (Lipinski definition) is 9. The quantitative estimate of drug-likeness (QED) is 0.401. The van der Waals surface area contributed by atoms with Gasteiger partial charge in [0.1, 0.15) is 11.6 Å². The van der Waals surface area contributed by atoms with Gasteiger partial charge in [0.15, 0.2) is 5.82 Å². The number of nitrogens with two attached hydrogens (primary N) is 1. The monoisotopic (exact) mass is 556 g/mol. The highest BCUT2D eigenvalue weighted by molar-refractivity contribution is 5.97. The van der Waals surface area contributed by atoms with Crippen molar-refractivity contribution in [1.82, 2.24) is 25.0 Å². The van der Waals surface area contributed by atoms with Crippen LogP contribution in [0.2, 0.25) is 0 Å². The molecule has 11 heteroatoms. The number of nitrogens with one attached hydrogen (secondary N) is 1. The molecule has 1 amide bonds. The molecular weight excluding hydrogens is 511 g/mol. The van der Waals surface area contributed by atoms with Crippen LogP contribution in [0, 0.1) is 17.2 Å². The van der Waals surface area contributed by atoms with Gasteiger partial charge in [0, 0.05) is 57.3 Å². The Balaban J connectivity index is 1.57. The Labute approximate surface area is 237 Å². The Hall–Kier alpha value is -3.05. The minimum atomic E-state index is -0.507. The smallest absolute Gasteiger partial charge is 0.282 e. The third-order valence-electron chi connectivity index (χ3n) is 8.22. The molecule has 10 nitrogen and oxygen atoms in total. The van der Waals surface area contributed by atoms with E-state index in [9.17, 15) is 9.18 Å². The number of carbonyl (C=O) groups excluding carboxylic acids is 1. The van der Waals surface area contributed by atoms with Crippen molar-refractivity contribution in [2.75, 3.05) is 56.5 Å². The van der Waals surface area contributed by atoms with E-state index >= 15 is 0 Å². The summed E-state index contributed by atoms with van der Waals surface area (Å²) in [5.41, 5.74) is 6.13. The van der Waals surface area contributed by atoms with Gasteiger partial charge in [-0.25, -0.2) is 4.39 Å². The average Bonchev–Trinajstić information content (AvgIpc) is 3.35. The highest BCUT2D eigenvalue weighted by atomic mass is 19.1. The summed E-state index contributed by atoms with van der Waals surface area (Å²) in [6.45, 7) is 15.3. The summed E-state index contributed by atoms with van der Waals surface area (Å²) >= 11 is 0. The third-order valence-corrected chi connectivity index (χ3v) is 8.22. The minimum absolute atomic E-state index is 0.0472. The number of aromatic nitrogens is 3. The van der Waals surface area contributed by atoms with Gasteiger partial charge in [-0.2, -0.15) is 4.98 Å². The van der Waals surface area contributed by atoms with E-state index in [-0.39, 0.29) is 34.6 Å². The number of hydrogen-bond donors (Lipinski definition) is 2. The van der Waals surface area contributed by atoms with Crippen LogP contribution in [0.1, 0.15) is 64.2 Å². The van der Waals surface area contributed by atoms with Crippen molar-refractivity contribution < 1.29 is 13.9 Å². The van der Waals surface area contributed by atoms with Crippen molar-refractivity contribution in [3.05, 3.63) is 29.6 Å². The van der Waals surface area contributed by atoms with E-state index in [1.54, 1.807) is 11.9 Å². The molecule has 1 atom stereocenters. The number of amides is 1. The highest BCUT2D eigenvalue weighted by Gasteiger charge is 2.50. The highest BCUT2D eigenvalue weighted by Crippen LogP contribution is 2.45. The predicted octanol–water partition coefficient (Wildman–Crippen LogP) is 3.99. The van der Waals surface area contributed by atoms with Gasteiger partial charge in [-0.3, -0.25) is 9.69 Å². The van der Waals surface area contributed by atoms with Crippen LogP contribution in [0.15, 0.2) is 18.2 Å². The summed E-state index contributed by atoms with van der Waals surface area (Å²) in [4.78, 5) is 24.5. The van der Waals surface area contributed by atoms with Gasteiger partial charge < -0.3 is 25.6 Å². The van der Waals surface area contributed by atoms with Gasteiger partial charge in [-0.1, -0.05) is 13.8 Å². The molecule has 0 aliphatic carbocycles. The second-order valence-corrected chi connectivity index (χ2v) is 11.8. The summed E-state index contributed by atoms with van der Waals surface area (Å²) in [5.74, 6) is 1.15. The molecule has 220 valence electrons. The number of benzene rings is 1. The van der Waals surface area contributed by atoms with E-state index < -0.39 is 5.82 Å². The molecule has 1 unspecified atom stereocenters. The number of halogens is 1. The number of carbonyl (C=O) groups is 1. The first-order valence-electron chi connectivity index (χ1n) is 14.5. The molecule has 2 aliphatic rings. The number of nitrogens with zero attached hydrogens (tertiary/aromatic N) is 6. The van der Waals surface area contributed by atoms with E-state index in [1.165, 1.54) is 18.2 Å². The average molecular weight is 557 g/mol. The normalized spacial score (nSPS) is 17.4. The second-order valence-electron chi connectivity index (χ2n) is 11.8. The molecular formula is C29H45FN8O2. The number of anilines is 2. The van der Waals surface area contributed by atoms with Crippen LogP contribution < -0.4 is 20.7 Å². The Morgan fingerprint density at radius 2 is 1.98 bits per heavy atom. The SMILES string of the molecule is CCN(C(=O)c1cc(F)ccc1Oc1nnc(NC)nc1N1CCC2(C1)CN(C(CCCN)C(C)C)C2)C(C)C. The summed E-state index contributed by atoms with van der Waals surface area (Å²) in [6, 6.07) is 4.46. The Morgan fingerprint density at radius 3 is 2.60 bits per heavy atom. The zero-order valence-electron chi connectivity index (χ0n) is 24.8. The fourth-order valence-corrected chi connectivity index (χ4v) is 6.13. The lowest BCUT2D eigenvalue weighted by Gasteiger charge is -2.53. The maximum absolute atomic E-state index is 14.3. The maximum Gasteiger partial charge on any atom is 0.282 e. The largest absolute Gasteiger partial charge is 0.434 e. The third kappa shape index (κ3) is 6.30. The number of likely N-dealkylation sites (tertiary alicyclic amines) is 1. The molecule has 2 aromatic rings. The first-order valence-corrected chi connectivity index (χ1v) is 14.5. The van der Waals surface area contributed by atoms with Crippen LogP contribution in [0.5, 0.6) is 11.6 Å². The molecule has 3 N–H and O–H groups in total. The maximum atomic E-state index is 14.3. The molecule has 4 rings (SSSR count). The fourth-order valence-electron chi connectivity index (χ4n) is 6.13. The molecule has 0 radical (unpaired) electrons. The molecule has 40 heavy (non-hydrogen) atoms. The lowest BCUT2D eigenvalue weighted by Crippen LogP contribution is -2.62. The van der Waals surface area contributed by atoms with Crippen molar-refractivity contribution in [2.45, 2.75) is 66.0 Å². The van der Waals surface area contributed by atoms with Crippen molar-refractivity contribution >= 4 is 17.7 Å². The molecule has 2 fully saturated rings. The molecule has 2 saturated heterocycles. The summed E-state index contributed by atoms with van der Waals surface area (Å²) < 4.78 is 20.5. The van der Waals surface area contributed by atoms with Crippen molar-refractivity contribution in [2.24, 2.45) is 17.1 Å². The van der Waals surface area contributed by atoms with Crippen LogP contribution in [0.4, 0.5) is 16.2 Å².